The first kappa shape index (κ1) is 14.6. The van der Waals surface area contributed by atoms with E-state index < -0.39 is 11.9 Å². The summed E-state index contributed by atoms with van der Waals surface area (Å²) in [6.07, 6.45) is 0. The molecule has 20 heavy (non-hydrogen) atoms. The van der Waals surface area contributed by atoms with Crippen LogP contribution in [0, 0.1) is 0 Å². The van der Waals surface area contributed by atoms with E-state index in [9.17, 15) is 9.59 Å². The highest BCUT2D eigenvalue weighted by molar-refractivity contribution is 6.47. The number of ether oxygens (including phenoxy) is 2. The number of fused-ring (bicyclic) bond motifs is 1. The summed E-state index contributed by atoms with van der Waals surface area (Å²) in [5.74, 6) is -1.05. The van der Waals surface area contributed by atoms with Crippen molar-refractivity contribution in [3.8, 4) is 0 Å². The summed E-state index contributed by atoms with van der Waals surface area (Å²) in [4.78, 5) is 23.1. The second-order valence-electron chi connectivity index (χ2n) is 3.97. The van der Waals surface area contributed by atoms with Crippen LogP contribution >= 0.6 is 23.2 Å². The van der Waals surface area contributed by atoms with Crippen LogP contribution in [0.4, 0.5) is 0 Å². The van der Waals surface area contributed by atoms with Crippen molar-refractivity contribution >= 4 is 45.9 Å². The van der Waals surface area contributed by atoms with Crippen LogP contribution < -0.4 is 0 Å². The highest BCUT2D eigenvalue weighted by Gasteiger charge is 2.17. The molecule has 0 amide bonds. The zero-order chi connectivity index (χ0) is 14.9. The van der Waals surface area contributed by atoms with Gasteiger partial charge in [-0.25, -0.2) is 9.59 Å². The zero-order valence-electron chi connectivity index (χ0n) is 10.7. The second-order valence-corrected chi connectivity index (χ2v) is 4.73. The molecule has 0 fully saturated rings. The Morgan fingerprint density at radius 2 is 1.60 bits per heavy atom. The fourth-order valence-corrected chi connectivity index (χ4v) is 2.33. The molecule has 0 heterocycles. The maximum Gasteiger partial charge on any atom is 0.339 e. The van der Waals surface area contributed by atoms with E-state index in [2.05, 4.69) is 9.47 Å². The molecule has 4 nitrogen and oxygen atoms in total. The molecule has 0 saturated carbocycles. The van der Waals surface area contributed by atoms with Crippen molar-refractivity contribution in [2.75, 3.05) is 14.2 Å². The number of esters is 2. The van der Waals surface area contributed by atoms with Gasteiger partial charge in [0.25, 0.3) is 0 Å². The van der Waals surface area contributed by atoms with Crippen LogP contribution in [0.1, 0.15) is 20.7 Å². The van der Waals surface area contributed by atoms with Gasteiger partial charge in [-0.3, -0.25) is 0 Å². The van der Waals surface area contributed by atoms with E-state index in [1.807, 2.05) is 0 Å². The van der Waals surface area contributed by atoms with Crippen molar-refractivity contribution in [1.29, 1.82) is 0 Å². The predicted molar refractivity (Wildman–Crippen MR) is 76.6 cm³/mol. The molecule has 0 saturated heterocycles. The van der Waals surface area contributed by atoms with Gasteiger partial charge in [0.2, 0.25) is 0 Å². The molecule has 0 N–H and O–H groups in total. The minimum atomic E-state index is -0.573. The van der Waals surface area contributed by atoms with E-state index in [0.717, 1.165) is 0 Å². The van der Waals surface area contributed by atoms with Crippen molar-refractivity contribution in [1.82, 2.24) is 0 Å². The molecule has 0 aliphatic heterocycles. The first-order valence-corrected chi connectivity index (χ1v) is 6.33. The summed E-state index contributed by atoms with van der Waals surface area (Å²) in [6.45, 7) is 0. The third-order valence-corrected chi connectivity index (χ3v) is 3.73. The highest BCUT2D eigenvalue weighted by Crippen LogP contribution is 2.35. The zero-order valence-corrected chi connectivity index (χ0v) is 12.2. The Hall–Kier alpha value is -1.78. The average Bonchev–Trinajstić information content (AvgIpc) is 2.48. The summed E-state index contributed by atoms with van der Waals surface area (Å²) < 4.78 is 9.29. The Morgan fingerprint density at radius 1 is 0.950 bits per heavy atom. The maximum atomic E-state index is 11.6. The second kappa shape index (κ2) is 5.69. The molecule has 6 heteroatoms. The maximum absolute atomic E-state index is 11.6. The van der Waals surface area contributed by atoms with Gasteiger partial charge in [-0.2, -0.15) is 0 Å². The number of benzene rings is 2. The van der Waals surface area contributed by atoms with E-state index >= 15 is 0 Å². The smallest absolute Gasteiger partial charge is 0.339 e. The van der Waals surface area contributed by atoms with Gasteiger partial charge in [0.05, 0.1) is 35.4 Å². The number of halogens is 2. The van der Waals surface area contributed by atoms with E-state index in [1.165, 1.54) is 14.2 Å². The third-order valence-electron chi connectivity index (χ3n) is 2.85. The van der Waals surface area contributed by atoms with Gasteiger partial charge < -0.3 is 9.47 Å². The van der Waals surface area contributed by atoms with Gasteiger partial charge in [0.15, 0.2) is 0 Å². The molecule has 0 aliphatic rings. The topological polar surface area (TPSA) is 52.6 Å². The van der Waals surface area contributed by atoms with Crippen LogP contribution in [0.3, 0.4) is 0 Å². The van der Waals surface area contributed by atoms with E-state index in [4.69, 9.17) is 23.2 Å². The molecule has 0 spiro atoms. The number of carbonyl (C=O) groups is 2. The van der Waals surface area contributed by atoms with Crippen LogP contribution in [-0.4, -0.2) is 26.2 Å². The molecule has 0 atom stereocenters. The fraction of sp³-hybridized carbons (Fsp3) is 0.143. The summed E-state index contributed by atoms with van der Waals surface area (Å²) in [6, 6.07) is 6.38. The Balaban J connectivity index is 2.70. The molecule has 0 bridgehead atoms. The molecule has 2 rings (SSSR count). The van der Waals surface area contributed by atoms with Crippen LogP contribution in [0.2, 0.25) is 10.0 Å². The lowest BCUT2D eigenvalue weighted by atomic mass is 10.0. The summed E-state index contributed by atoms with van der Waals surface area (Å²) >= 11 is 12.2. The lowest BCUT2D eigenvalue weighted by Gasteiger charge is -2.09. The average molecular weight is 313 g/mol. The molecular formula is C14H10Cl2O4. The van der Waals surface area contributed by atoms with Crippen LogP contribution in [0.25, 0.3) is 10.8 Å². The highest BCUT2D eigenvalue weighted by atomic mass is 35.5. The van der Waals surface area contributed by atoms with Crippen molar-refractivity contribution in [3.05, 3.63) is 45.4 Å². The van der Waals surface area contributed by atoms with Gasteiger partial charge in [-0.05, 0) is 23.6 Å². The van der Waals surface area contributed by atoms with E-state index in [-0.39, 0.29) is 15.6 Å². The van der Waals surface area contributed by atoms with Crippen LogP contribution in [0.5, 0.6) is 0 Å². The van der Waals surface area contributed by atoms with Crippen molar-refractivity contribution in [2.24, 2.45) is 0 Å². The molecule has 0 radical (unpaired) electrons. The van der Waals surface area contributed by atoms with Gasteiger partial charge in [-0.15, -0.1) is 0 Å². The van der Waals surface area contributed by atoms with Crippen LogP contribution in [-0.2, 0) is 9.47 Å². The molecule has 2 aromatic carbocycles. The molecule has 104 valence electrons. The lowest BCUT2D eigenvalue weighted by molar-refractivity contribution is 0.0591. The predicted octanol–water partition coefficient (Wildman–Crippen LogP) is 3.72. The van der Waals surface area contributed by atoms with Gasteiger partial charge in [-0.1, -0.05) is 29.3 Å². The normalized spacial score (nSPS) is 10.4. The Labute approximate surface area is 125 Å². The van der Waals surface area contributed by atoms with Crippen molar-refractivity contribution < 1.29 is 19.1 Å². The number of rotatable bonds is 2. The molecule has 0 unspecified atom stereocenters. The Morgan fingerprint density at radius 3 is 2.20 bits per heavy atom. The third kappa shape index (κ3) is 2.44. The Bertz CT molecular complexity index is 710. The monoisotopic (exact) mass is 312 g/mol. The molecule has 0 aliphatic carbocycles. The standard InChI is InChI=1S/C14H10Cl2O4/c1-19-13(17)8-4-3-7-5-10(14(18)20-2)12(16)11(15)9(7)6-8/h3-6H,1-2H3. The lowest BCUT2D eigenvalue weighted by Crippen LogP contribution is -2.04. The minimum absolute atomic E-state index is 0.0908. The van der Waals surface area contributed by atoms with E-state index in [0.29, 0.717) is 16.3 Å². The first-order chi connectivity index (χ1) is 9.49. The molecular weight excluding hydrogens is 303 g/mol. The SMILES string of the molecule is COC(=O)c1ccc2cc(C(=O)OC)c(Cl)c(Cl)c2c1. The van der Waals surface area contributed by atoms with Crippen molar-refractivity contribution in [2.45, 2.75) is 0 Å². The summed E-state index contributed by atoms with van der Waals surface area (Å²) in [7, 11) is 2.55. The summed E-state index contributed by atoms with van der Waals surface area (Å²) in [5, 5.41) is 1.52. The minimum Gasteiger partial charge on any atom is -0.465 e. The molecule has 0 aromatic heterocycles. The number of carbonyl (C=O) groups excluding carboxylic acids is 2. The Kier molecular flexibility index (Phi) is 4.16. The van der Waals surface area contributed by atoms with Crippen molar-refractivity contribution in [3.63, 3.8) is 0 Å². The van der Waals surface area contributed by atoms with Gasteiger partial charge >= 0.3 is 11.9 Å². The number of hydrogen-bond acceptors (Lipinski definition) is 4. The number of methoxy groups -OCH3 is 2. The first-order valence-electron chi connectivity index (χ1n) is 5.58. The van der Waals surface area contributed by atoms with Gasteiger partial charge in [0, 0.05) is 5.39 Å². The van der Waals surface area contributed by atoms with Gasteiger partial charge in [0.1, 0.15) is 0 Å². The summed E-state index contributed by atoms with van der Waals surface area (Å²) in [5.41, 5.74) is 0.529. The quantitative estimate of drug-likeness (QED) is 0.793. The fourth-order valence-electron chi connectivity index (χ4n) is 1.83. The number of hydrogen-bond donors (Lipinski definition) is 0. The molecule has 2 aromatic rings. The van der Waals surface area contributed by atoms with E-state index in [1.54, 1.807) is 24.3 Å². The largest absolute Gasteiger partial charge is 0.465 e. The van der Waals surface area contributed by atoms with Crippen LogP contribution in [0.15, 0.2) is 24.3 Å².